The molecule has 0 aromatic carbocycles. The van der Waals surface area contributed by atoms with E-state index in [1.165, 1.54) is 14.0 Å². The number of Topliss-reactive ketones (excluding diaryl/α,β-unsaturated/α-hetero) is 1. The van der Waals surface area contributed by atoms with Crippen LogP contribution in [0.3, 0.4) is 0 Å². The maximum Gasteiger partial charge on any atom is 0.221 e. The van der Waals surface area contributed by atoms with Crippen molar-refractivity contribution in [2.75, 3.05) is 7.05 Å². The largest absolute Gasteiger partial charge is 0.359 e. The number of nitrogens with two attached hydrogens (primary N) is 1. The lowest BCUT2D eigenvalue weighted by Crippen LogP contribution is -2.34. The quantitative estimate of drug-likeness (QED) is 0.535. The molecule has 0 aromatic rings. The zero-order valence-electron chi connectivity index (χ0n) is 6.18. The fourth-order valence-corrected chi connectivity index (χ4v) is 0.446. The Morgan fingerprint density at radius 1 is 1.60 bits per heavy atom. The Hall–Kier alpha value is -0.900. The molecule has 1 amide bonds. The summed E-state index contributed by atoms with van der Waals surface area (Å²) in [5.41, 5.74) is 5.28. The molecule has 0 rings (SSSR count). The monoisotopic (exact) mass is 144 g/mol. The summed E-state index contributed by atoms with van der Waals surface area (Å²) >= 11 is 0. The van der Waals surface area contributed by atoms with E-state index in [0.29, 0.717) is 0 Å². The molecule has 3 N–H and O–H groups in total. The van der Waals surface area contributed by atoms with E-state index < -0.39 is 6.04 Å². The fraction of sp³-hybridized carbons (Fsp3) is 0.667. The number of nitrogens with one attached hydrogen (secondary N) is 1. The first-order valence-corrected chi connectivity index (χ1v) is 3.04. The van der Waals surface area contributed by atoms with Crippen LogP contribution in [0.15, 0.2) is 0 Å². The van der Waals surface area contributed by atoms with E-state index in [9.17, 15) is 9.59 Å². The van der Waals surface area contributed by atoms with Gasteiger partial charge in [-0.1, -0.05) is 0 Å². The van der Waals surface area contributed by atoms with Gasteiger partial charge in [0, 0.05) is 13.5 Å². The third-order valence-corrected chi connectivity index (χ3v) is 1.21. The number of carbonyl (C=O) groups is 2. The van der Waals surface area contributed by atoms with Crippen molar-refractivity contribution in [2.45, 2.75) is 19.4 Å². The van der Waals surface area contributed by atoms with Gasteiger partial charge in [0.1, 0.15) is 5.78 Å². The normalized spacial score (nSPS) is 12.3. The summed E-state index contributed by atoms with van der Waals surface area (Å²) in [7, 11) is 1.51. The molecule has 58 valence electrons. The molecule has 0 saturated heterocycles. The van der Waals surface area contributed by atoms with E-state index in [0.717, 1.165) is 0 Å². The highest BCUT2D eigenvalue weighted by Crippen LogP contribution is 1.88. The second kappa shape index (κ2) is 4.00. The number of ketones is 1. The van der Waals surface area contributed by atoms with E-state index in [1.807, 2.05) is 0 Å². The minimum atomic E-state index is -0.653. The van der Waals surface area contributed by atoms with Crippen molar-refractivity contribution < 1.29 is 9.59 Å². The summed E-state index contributed by atoms with van der Waals surface area (Å²) in [5.74, 6) is -0.369. The second-order valence-electron chi connectivity index (χ2n) is 2.09. The number of carbonyl (C=O) groups excluding carboxylic acids is 2. The molecule has 4 nitrogen and oxygen atoms in total. The van der Waals surface area contributed by atoms with Gasteiger partial charge in [0.15, 0.2) is 0 Å². The molecule has 0 spiro atoms. The van der Waals surface area contributed by atoms with E-state index >= 15 is 0 Å². The predicted octanol–water partition coefficient (Wildman–Crippen LogP) is -0.961. The van der Waals surface area contributed by atoms with E-state index in [2.05, 4.69) is 5.32 Å². The zero-order chi connectivity index (χ0) is 8.15. The Morgan fingerprint density at radius 3 is 2.40 bits per heavy atom. The minimum Gasteiger partial charge on any atom is -0.359 e. The molecule has 0 fully saturated rings. The first kappa shape index (κ1) is 9.10. The molecule has 10 heavy (non-hydrogen) atoms. The van der Waals surface area contributed by atoms with Gasteiger partial charge in [-0.3, -0.25) is 9.59 Å². The summed E-state index contributed by atoms with van der Waals surface area (Å²) in [6.45, 7) is 1.37. The Morgan fingerprint density at radius 2 is 2.10 bits per heavy atom. The van der Waals surface area contributed by atoms with Crippen molar-refractivity contribution >= 4 is 11.7 Å². The third-order valence-electron chi connectivity index (χ3n) is 1.21. The van der Waals surface area contributed by atoms with Crippen LogP contribution < -0.4 is 11.1 Å². The third kappa shape index (κ3) is 3.19. The summed E-state index contributed by atoms with van der Waals surface area (Å²) in [6.07, 6.45) is 0.0752. The maximum atomic E-state index is 10.6. The Labute approximate surface area is 59.8 Å². The van der Waals surface area contributed by atoms with E-state index in [-0.39, 0.29) is 18.1 Å². The molecule has 0 radical (unpaired) electrons. The number of rotatable bonds is 3. The van der Waals surface area contributed by atoms with Crippen LogP contribution in [0.4, 0.5) is 0 Å². The van der Waals surface area contributed by atoms with Gasteiger partial charge in [-0.05, 0) is 6.92 Å². The lowest BCUT2D eigenvalue weighted by molar-refractivity contribution is -0.125. The van der Waals surface area contributed by atoms with Crippen LogP contribution >= 0.6 is 0 Å². The highest BCUT2D eigenvalue weighted by molar-refractivity contribution is 5.87. The molecule has 1 unspecified atom stereocenters. The molecular formula is C6H12N2O2. The van der Waals surface area contributed by atoms with Gasteiger partial charge in [0.2, 0.25) is 5.91 Å². The van der Waals surface area contributed by atoms with Crippen LogP contribution in [0.25, 0.3) is 0 Å². The smallest absolute Gasteiger partial charge is 0.221 e. The number of hydrogen-bond donors (Lipinski definition) is 2. The Kier molecular flexibility index (Phi) is 3.64. The molecule has 0 aliphatic rings. The van der Waals surface area contributed by atoms with Crippen molar-refractivity contribution in [3.63, 3.8) is 0 Å². The maximum absolute atomic E-state index is 10.6. The molecule has 0 saturated carbocycles. The molecule has 0 bridgehead atoms. The molecule has 0 heterocycles. The van der Waals surface area contributed by atoms with Crippen LogP contribution in [-0.2, 0) is 9.59 Å². The van der Waals surface area contributed by atoms with Crippen molar-refractivity contribution in [3.8, 4) is 0 Å². The van der Waals surface area contributed by atoms with Gasteiger partial charge in [0.05, 0.1) is 6.04 Å². The second-order valence-corrected chi connectivity index (χ2v) is 2.09. The number of amides is 1. The summed E-state index contributed by atoms with van der Waals surface area (Å²) in [6, 6.07) is -0.653. The molecular weight excluding hydrogens is 132 g/mol. The van der Waals surface area contributed by atoms with Gasteiger partial charge in [-0.15, -0.1) is 0 Å². The average molecular weight is 144 g/mol. The molecule has 0 aromatic heterocycles. The Bertz CT molecular complexity index is 145. The van der Waals surface area contributed by atoms with Gasteiger partial charge in [-0.25, -0.2) is 0 Å². The lowest BCUT2D eigenvalue weighted by atomic mass is 10.1. The zero-order valence-corrected chi connectivity index (χ0v) is 6.18. The fourth-order valence-electron chi connectivity index (χ4n) is 0.446. The molecule has 0 aliphatic carbocycles. The van der Waals surface area contributed by atoms with Gasteiger partial charge in [0.25, 0.3) is 0 Å². The van der Waals surface area contributed by atoms with E-state index in [4.69, 9.17) is 5.73 Å². The standard InChI is InChI=1S/C6H12N2O2/c1-4(9)5(7)3-6(10)8-2/h5H,3,7H2,1-2H3,(H,8,10). The highest BCUT2D eigenvalue weighted by Gasteiger charge is 2.11. The van der Waals surface area contributed by atoms with E-state index in [1.54, 1.807) is 0 Å². The van der Waals surface area contributed by atoms with Gasteiger partial charge < -0.3 is 11.1 Å². The van der Waals surface area contributed by atoms with Gasteiger partial charge >= 0.3 is 0 Å². The van der Waals surface area contributed by atoms with Crippen LogP contribution in [0.5, 0.6) is 0 Å². The molecule has 0 aliphatic heterocycles. The number of hydrogen-bond acceptors (Lipinski definition) is 3. The molecule has 4 heteroatoms. The first-order chi connectivity index (χ1) is 4.57. The van der Waals surface area contributed by atoms with Crippen LogP contribution in [0, 0.1) is 0 Å². The van der Waals surface area contributed by atoms with Crippen molar-refractivity contribution in [1.82, 2.24) is 5.32 Å². The average Bonchev–Trinajstić information content (AvgIpc) is 1.87. The van der Waals surface area contributed by atoms with Crippen LogP contribution in [-0.4, -0.2) is 24.8 Å². The van der Waals surface area contributed by atoms with Gasteiger partial charge in [-0.2, -0.15) is 0 Å². The highest BCUT2D eigenvalue weighted by atomic mass is 16.2. The van der Waals surface area contributed by atoms with Crippen LogP contribution in [0.2, 0.25) is 0 Å². The SMILES string of the molecule is CNC(=O)CC(N)C(C)=O. The predicted molar refractivity (Wildman–Crippen MR) is 37.3 cm³/mol. The van der Waals surface area contributed by atoms with Crippen molar-refractivity contribution in [3.05, 3.63) is 0 Å². The Balaban J connectivity index is 3.68. The lowest BCUT2D eigenvalue weighted by Gasteiger charge is -2.04. The first-order valence-electron chi connectivity index (χ1n) is 3.04. The summed E-state index contributed by atoms with van der Waals surface area (Å²) < 4.78 is 0. The van der Waals surface area contributed by atoms with Crippen molar-refractivity contribution in [2.24, 2.45) is 5.73 Å². The summed E-state index contributed by atoms with van der Waals surface area (Å²) in [4.78, 5) is 21.1. The summed E-state index contributed by atoms with van der Waals surface area (Å²) in [5, 5.41) is 2.38. The topological polar surface area (TPSA) is 72.2 Å². The molecule has 1 atom stereocenters. The van der Waals surface area contributed by atoms with Crippen molar-refractivity contribution in [1.29, 1.82) is 0 Å². The minimum absolute atomic E-state index is 0.0752. The van der Waals surface area contributed by atoms with Crippen LogP contribution in [0.1, 0.15) is 13.3 Å².